The van der Waals surface area contributed by atoms with Crippen molar-refractivity contribution in [3.8, 4) is 0 Å². The number of nitrogens with one attached hydrogen (secondary N) is 2. The molecule has 0 aliphatic carbocycles. The Morgan fingerprint density at radius 2 is 2.15 bits per heavy atom. The van der Waals surface area contributed by atoms with Crippen LogP contribution in [-0.4, -0.2) is 20.7 Å². The summed E-state index contributed by atoms with van der Waals surface area (Å²) < 4.78 is 2.40. The van der Waals surface area contributed by atoms with E-state index in [1.54, 1.807) is 24.3 Å². The van der Waals surface area contributed by atoms with Crippen molar-refractivity contribution in [2.75, 3.05) is 0 Å². The molecule has 2 rings (SSSR count). The van der Waals surface area contributed by atoms with Gasteiger partial charge in [0.2, 0.25) is 0 Å². The third-order valence-electron chi connectivity index (χ3n) is 2.95. The van der Waals surface area contributed by atoms with E-state index in [4.69, 9.17) is 23.8 Å². The van der Waals surface area contributed by atoms with E-state index in [1.807, 2.05) is 18.4 Å². The lowest BCUT2D eigenvalue weighted by atomic mass is 10.2. The maximum absolute atomic E-state index is 12.1. The molecule has 1 heterocycles. The zero-order chi connectivity index (χ0) is 14.7. The lowest BCUT2D eigenvalue weighted by Crippen LogP contribution is -2.28. The minimum Gasteiger partial charge on any atom is -0.342 e. The number of benzene rings is 1. The van der Waals surface area contributed by atoms with E-state index in [0.29, 0.717) is 27.7 Å². The summed E-state index contributed by atoms with van der Waals surface area (Å²) in [6.45, 7) is 4.54. The van der Waals surface area contributed by atoms with Crippen LogP contribution in [0.15, 0.2) is 24.3 Å². The summed E-state index contributed by atoms with van der Waals surface area (Å²) in [5, 5.41) is 10.4. The predicted molar refractivity (Wildman–Crippen MR) is 80.4 cm³/mol. The highest BCUT2D eigenvalue weighted by atomic mass is 35.5. The van der Waals surface area contributed by atoms with Crippen molar-refractivity contribution in [3.63, 3.8) is 0 Å². The van der Waals surface area contributed by atoms with E-state index in [1.165, 1.54) is 0 Å². The second-order valence-corrected chi connectivity index (χ2v) is 5.16. The average molecular weight is 311 g/mol. The first kappa shape index (κ1) is 14.7. The Kier molecular flexibility index (Phi) is 4.57. The van der Waals surface area contributed by atoms with Crippen LogP contribution in [0.3, 0.4) is 0 Å². The zero-order valence-electron chi connectivity index (χ0n) is 11.2. The average Bonchev–Trinajstić information content (AvgIpc) is 2.80. The van der Waals surface area contributed by atoms with Crippen molar-refractivity contribution < 1.29 is 4.79 Å². The molecular weight excluding hydrogens is 296 g/mol. The summed E-state index contributed by atoms with van der Waals surface area (Å²) in [4.78, 5) is 12.1. The smallest absolute Gasteiger partial charge is 0.251 e. The van der Waals surface area contributed by atoms with Gasteiger partial charge >= 0.3 is 0 Å². The van der Waals surface area contributed by atoms with Crippen molar-refractivity contribution in [2.45, 2.75) is 26.4 Å². The van der Waals surface area contributed by atoms with Gasteiger partial charge in [0.15, 0.2) is 10.6 Å². The first-order chi connectivity index (χ1) is 9.52. The number of carbonyl (C=O) groups is 1. The van der Waals surface area contributed by atoms with Crippen molar-refractivity contribution >= 4 is 29.7 Å². The van der Waals surface area contributed by atoms with Gasteiger partial charge in [-0.1, -0.05) is 11.6 Å². The maximum atomic E-state index is 12.1. The minimum absolute atomic E-state index is 0.175. The molecule has 1 atom stereocenters. The molecule has 0 saturated heterocycles. The van der Waals surface area contributed by atoms with Gasteiger partial charge in [0, 0.05) is 17.1 Å². The largest absolute Gasteiger partial charge is 0.342 e. The van der Waals surface area contributed by atoms with E-state index < -0.39 is 0 Å². The van der Waals surface area contributed by atoms with Gasteiger partial charge in [-0.2, -0.15) is 5.10 Å². The highest BCUT2D eigenvalue weighted by molar-refractivity contribution is 7.71. The first-order valence-electron chi connectivity index (χ1n) is 6.24. The lowest BCUT2D eigenvalue weighted by Gasteiger charge is -2.14. The fourth-order valence-corrected chi connectivity index (χ4v) is 2.31. The Balaban J connectivity index is 2.15. The Labute approximate surface area is 127 Å². The summed E-state index contributed by atoms with van der Waals surface area (Å²) in [7, 11) is 0. The number of amides is 1. The quantitative estimate of drug-likeness (QED) is 0.853. The van der Waals surface area contributed by atoms with Crippen LogP contribution < -0.4 is 5.32 Å². The van der Waals surface area contributed by atoms with Gasteiger partial charge in [-0.05, 0) is 50.3 Å². The molecule has 0 radical (unpaired) electrons. The van der Waals surface area contributed by atoms with Crippen molar-refractivity contribution in [1.29, 1.82) is 0 Å². The van der Waals surface area contributed by atoms with Crippen molar-refractivity contribution in [2.24, 2.45) is 0 Å². The van der Waals surface area contributed by atoms with E-state index in [2.05, 4.69) is 15.5 Å². The topological polar surface area (TPSA) is 62.7 Å². The molecule has 1 amide bonds. The van der Waals surface area contributed by atoms with Gasteiger partial charge in [-0.3, -0.25) is 9.89 Å². The SMILES string of the molecule is CCn1c([C@H](C)NC(=O)c2ccc(Cl)cc2)n[nH]c1=S. The number of hydrogen-bond donors (Lipinski definition) is 2. The molecule has 0 aliphatic rings. The summed E-state index contributed by atoms with van der Waals surface area (Å²) in [6.07, 6.45) is 0. The number of nitrogens with zero attached hydrogens (tertiary/aromatic N) is 2. The molecule has 0 saturated carbocycles. The van der Waals surface area contributed by atoms with Crippen LogP contribution in [0.1, 0.15) is 36.1 Å². The van der Waals surface area contributed by atoms with E-state index >= 15 is 0 Å². The number of H-pyrrole nitrogens is 1. The van der Waals surface area contributed by atoms with E-state index in [0.717, 1.165) is 0 Å². The molecule has 0 spiro atoms. The van der Waals surface area contributed by atoms with Gasteiger partial charge in [0.05, 0.1) is 6.04 Å². The molecule has 0 bridgehead atoms. The highest BCUT2D eigenvalue weighted by Gasteiger charge is 2.16. The minimum atomic E-state index is -0.244. The number of aromatic nitrogens is 3. The summed E-state index contributed by atoms with van der Waals surface area (Å²) in [6, 6.07) is 6.49. The molecule has 0 fully saturated rings. The van der Waals surface area contributed by atoms with Gasteiger partial charge in [-0.25, -0.2) is 0 Å². The van der Waals surface area contributed by atoms with Crippen LogP contribution in [0.5, 0.6) is 0 Å². The first-order valence-corrected chi connectivity index (χ1v) is 7.03. The molecule has 106 valence electrons. The number of hydrogen-bond acceptors (Lipinski definition) is 3. The third-order valence-corrected chi connectivity index (χ3v) is 3.51. The molecule has 0 unspecified atom stereocenters. The second-order valence-electron chi connectivity index (χ2n) is 4.33. The lowest BCUT2D eigenvalue weighted by molar-refractivity contribution is 0.0937. The van der Waals surface area contributed by atoms with Crippen LogP contribution in [0.25, 0.3) is 0 Å². The number of aromatic amines is 1. The summed E-state index contributed by atoms with van der Waals surface area (Å²) in [5.74, 6) is 0.533. The fraction of sp³-hybridized carbons (Fsp3) is 0.308. The molecule has 20 heavy (non-hydrogen) atoms. The predicted octanol–water partition coefficient (Wildman–Crippen LogP) is 3.10. The monoisotopic (exact) mass is 310 g/mol. The molecule has 0 aliphatic heterocycles. The number of carbonyl (C=O) groups excluding carboxylic acids is 1. The van der Waals surface area contributed by atoms with Gasteiger partial charge in [0.25, 0.3) is 5.91 Å². The molecular formula is C13H15ClN4OS. The van der Waals surface area contributed by atoms with Crippen LogP contribution in [-0.2, 0) is 6.54 Å². The maximum Gasteiger partial charge on any atom is 0.251 e. The standard InChI is InChI=1S/C13H15ClN4OS/c1-3-18-11(16-17-13(18)20)8(2)15-12(19)9-4-6-10(14)7-5-9/h4-8H,3H2,1-2H3,(H,15,19)(H,17,20)/t8-/m0/s1. The van der Waals surface area contributed by atoms with E-state index in [9.17, 15) is 4.79 Å². The molecule has 1 aromatic heterocycles. The third kappa shape index (κ3) is 3.08. The summed E-state index contributed by atoms with van der Waals surface area (Å²) >= 11 is 10.9. The van der Waals surface area contributed by atoms with Crippen LogP contribution >= 0.6 is 23.8 Å². The van der Waals surface area contributed by atoms with Gasteiger partial charge in [0.1, 0.15) is 0 Å². The number of rotatable bonds is 4. The Bertz CT molecular complexity index is 662. The molecule has 7 heteroatoms. The number of halogens is 1. The Hall–Kier alpha value is -1.66. The summed E-state index contributed by atoms with van der Waals surface area (Å²) in [5.41, 5.74) is 0.554. The van der Waals surface area contributed by atoms with Crippen LogP contribution in [0, 0.1) is 4.77 Å². The van der Waals surface area contributed by atoms with Crippen LogP contribution in [0.4, 0.5) is 0 Å². The van der Waals surface area contributed by atoms with Crippen molar-refractivity contribution in [3.05, 3.63) is 45.4 Å². The van der Waals surface area contributed by atoms with Crippen LogP contribution in [0.2, 0.25) is 5.02 Å². The fourth-order valence-electron chi connectivity index (χ4n) is 1.91. The van der Waals surface area contributed by atoms with Gasteiger partial charge in [-0.15, -0.1) is 0 Å². The normalized spacial score (nSPS) is 12.2. The Morgan fingerprint density at radius 3 is 2.75 bits per heavy atom. The van der Waals surface area contributed by atoms with Gasteiger partial charge < -0.3 is 9.88 Å². The highest BCUT2D eigenvalue weighted by Crippen LogP contribution is 2.13. The molecule has 1 aromatic carbocycles. The zero-order valence-corrected chi connectivity index (χ0v) is 12.8. The molecule has 5 nitrogen and oxygen atoms in total. The molecule has 2 aromatic rings. The molecule has 2 N–H and O–H groups in total. The van der Waals surface area contributed by atoms with E-state index in [-0.39, 0.29) is 11.9 Å². The van der Waals surface area contributed by atoms with Crippen molar-refractivity contribution in [1.82, 2.24) is 20.1 Å². The Morgan fingerprint density at radius 1 is 1.50 bits per heavy atom. The second kappa shape index (κ2) is 6.19.